The van der Waals surface area contributed by atoms with E-state index >= 15 is 0 Å². The lowest BCUT2D eigenvalue weighted by molar-refractivity contribution is -0.138. The number of hydrogen-bond acceptors (Lipinski definition) is 8. The molecule has 2 aliphatic heterocycles. The van der Waals surface area contributed by atoms with Gasteiger partial charge in [0, 0.05) is 47.8 Å². The van der Waals surface area contributed by atoms with Gasteiger partial charge in [0.2, 0.25) is 0 Å². The molecule has 16 heteroatoms. The number of carboxylic acids is 6. The zero-order valence-corrected chi connectivity index (χ0v) is 29.4. The van der Waals surface area contributed by atoms with E-state index in [-0.39, 0.29) is 79.0 Å². The van der Waals surface area contributed by atoms with E-state index in [2.05, 4.69) is 9.97 Å². The second-order valence-electron chi connectivity index (χ2n) is 13.1. The maximum atomic E-state index is 12.2. The minimum Gasteiger partial charge on any atom is -0.481 e. The number of carbonyl (C=O) groups is 6. The topological polar surface area (TPSA) is 281 Å². The quantitative estimate of drug-likeness (QED) is 0.0937. The minimum atomic E-state index is -1.21. The predicted molar refractivity (Wildman–Crippen MR) is 194 cm³/mol. The van der Waals surface area contributed by atoms with E-state index in [9.17, 15) is 59.4 Å². The maximum absolute atomic E-state index is 12.2. The summed E-state index contributed by atoms with van der Waals surface area (Å²) in [6.45, 7) is 3.49. The zero-order valence-electron chi connectivity index (χ0n) is 29.4. The van der Waals surface area contributed by atoms with Crippen LogP contribution in [0.3, 0.4) is 0 Å². The Labute approximate surface area is 306 Å². The minimum absolute atomic E-state index is 0.0786. The van der Waals surface area contributed by atoms with E-state index in [1.807, 2.05) is 0 Å². The molecule has 0 saturated carbocycles. The standard InChI is InChI=1S/C38H38N4O12/c1-17-19(3-7-33(43)44)27-15-28-20(4-8-34(45)46)18(2)26(40-28)14-31-23(11-37(51)52)22(6-10-36(49)50)30(42-31)16-32-24(12-38(53)54)21(5-9-35(47)48)29(41-32)13-25(17)39-27/h13-16,41-42H,3-12H2,1-2H3,(H,43,44)(H,45,46)(H,47,48)(H,49,50)(H,51,52)(H,53,54). The molecule has 0 unspecified atom stereocenters. The van der Waals surface area contributed by atoms with E-state index in [4.69, 9.17) is 9.97 Å². The van der Waals surface area contributed by atoms with Gasteiger partial charge in [0.1, 0.15) is 0 Å². The Morgan fingerprint density at radius 1 is 0.444 bits per heavy atom. The van der Waals surface area contributed by atoms with E-state index in [0.717, 1.165) is 0 Å². The number of aromatic nitrogens is 4. The number of aliphatic carboxylic acids is 6. The molecule has 0 aliphatic carbocycles. The van der Waals surface area contributed by atoms with Crippen LogP contribution in [0.5, 0.6) is 0 Å². The predicted octanol–water partition coefficient (Wildman–Crippen LogP) is 5.19. The Morgan fingerprint density at radius 2 is 0.778 bits per heavy atom. The number of allylic oxidation sites excluding steroid dienone is 4. The number of carboxylic acid groups (broad SMARTS) is 6. The molecule has 0 spiro atoms. The fourth-order valence-electron chi connectivity index (χ4n) is 6.89. The summed E-state index contributed by atoms with van der Waals surface area (Å²) in [5, 5.41) is 58.2. The molecule has 16 nitrogen and oxygen atoms in total. The molecule has 0 amide bonds. The zero-order chi connectivity index (χ0) is 39.4. The maximum Gasteiger partial charge on any atom is 0.307 e. The fraction of sp³-hybridized carbons (Fsp3) is 0.316. The van der Waals surface area contributed by atoms with Crippen molar-refractivity contribution >= 4 is 80.2 Å². The van der Waals surface area contributed by atoms with Gasteiger partial charge in [0.05, 0.1) is 35.6 Å². The van der Waals surface area contributed by atoms with Gasteiger partial charge in [-0.2, -0.15) is 0 Å². The summed E-state index contributed by atoms with van der Waals surface area (Å²) < 4.78 is 0. The first-order chi connectivity index (χ1) is 25.5. The molecular weight excluding hydrogens is 704 g/mol. The summed E-state index contributed by atoms with van der Waals surface area (Å²) in [6.07, 6.45) is -2.22. The molecule has 0 saturated heterocycles. The van der Waals surface area contributed by atoms with Crippen molar-refractivity contribution in [3.63, 3.8) is 0 Å². The Kier molecular flexibility index (Phi) is 11.4. The molecule has 3 aromatic heterocycles. The highest BCUT2D eigenvalue weighted by molar-refractivity contribution is 5.97. The number of nitrogens with zero attached hydrogens (tertiary/aromatic N) is 2. The Hall–Kier alpha value is -6.58. The van der Waals surface area contributed by atoms with Crippen molar-refractivity contribution in [2.24, 2.45) is 0 Å². The largest absolute Gasteiger partial charge is 0.481 e. The van der Waals surface area contributed by atoms with Crippen molar-refractivity contribution in [3.05, 3.63) is 69.3 Å². The summed E-state index contributed by atoms with van der Waals surface area (Å²) >= 11 is 0. The molecule has 0 fully saturated rings. The van der Waals surface area contributed by atoms with Crippen LogP contribution in [-0.2, 0) is 54.5 Å². The van der Waals surface area contributed by atoms with E-state index in [1.165, 1.54) is 0 Å². The van der Waals surface area contributed by atoms with Gasteiger partial charge in [-0.3, -0.25) is 28.8 Å². The molecule has 0 atom stereocenters. The van der Waals surface area contributed by atoms with Gasteiger partial charge in [0.15, 0.2) is 0 Å². The van der Waals surface area contributed by atoms with Crippen LogP contribution in [0.2, 0.25) is 0 Å². The van der Waals surface area contributed by atoms with E-state index < -0.39 is 48.7 Å². The normalized spacial score (nSPS) is 12.6. The van der Waals surface area contributed by atoms with Gasteiger partial charge in [-0.1, -0.05) is 0 Å². The third-order valence-corrected chi connectivity index (χ3v) is 9.48. The lowest BCUT2D eigenvalue weighted by atomic mass is 9.97. The molecule has 0 radical (unpaired) electrons. The van der Waals surface area contributed by atoms with Gasteiger partial charge in [-0.05, 0) is 108 Å². The van der Waals surface area contributed by atoms with Crippen LogP contribution >= 0.6 is 0 Å². The Morgan fingerprint density at radius 3 is 1.15 bits per heavy atom. The van der Waals surface area contributed by atoms with Crippen molar-refractivity contribution in [1.82, 2.24) is 19.9 Å². The van der Waals surface area contributed by atoms with Gasteiger partial charge in [-0.25, -0.2) is 9.97 Å². The number of aryl methyl sites for hydroxylation is 2. The van der Waals surface area contributed by atoms with Crippen molar-refractivity contribution in [3.8, 4) is 0 Å². The first-order valence-electron chi connectivity index (χ1n) is 17.0. The number of rotatable bonds is 16. The molecule has 5 rings (SSSR count). The highest BCUT2D eigenvalue weighted by Gasteiger charge is 2.24. The average molecular weight is 743 g/mol. The van der Waals surface area contributed by atoms with Gasteiger partial charge in [-0.15, -0.1) is 0 Å². The lowest BCUT2D eigenvalue weighted by Gasteiger charge is -2.05. The van der Waals surface area contributed by atoms with E-state index in [0.29, 0.717) is 61.7 Å². The lowest BCUT2D eigenvalue weighted by Crippen LogP contribution is -2.05. The summed E-state index contributed by atoms with van der Waals surface area (Å²) in [7, 11) is 0. The van der Waals surface area contributed by atoms with Crippen LogP contribution in [-0.4, -0.2) is 86.4 Å². The molecule has 8 bridgehead atoms. The summed E-state index contributed by atoms with van der Waals surface area (Å²) in [5.74, 6) is -6.77. The summed E-state index contributed by atoms with van der Waals surface area (Å²) in [4.78, 5) is 87.3. The molecule has 8 N–H and O–H groups in total. The highest BCUT2D eigenvalue weighted by atomic mass is 16.4. The van der Waals surface area contributed by atoms with Crippen molar-refractivity contribution in [2.75, 3.05) is 0 Å². The fourth-order valence-corrected chi connectivity index (χ4v) is 6.89. The van der Waals surface area contributed by atoms with Crippen LogP contribution in [0.15, 0.2) is 24.3 Å². The van der Waals surface area contributed by atoms with Gasteiger partial charge >= 0.3 is 35.8 Å². The molecule has 5 heterocycles. The molecule has 3 aromatic rings. The van der Waals surface area contributed by atoms with Crippen molar-refractivity contribution < 1.29 is 59.4 Å². The van der Waals surface area contributed by atoms with Crippen LogP contribution in [0.4, 0.5) is 0 Å². The third kappa shape index (κ3) is 8.71. The second kappa shape index (κ2) is 16.0. The summed E-state index contributed by atoms with van der Waals surface area (Å²) in [6, 6.07) is 6.40. The monoisotopic (exact) mass is 742 g/mol. The number of fused-ring (bicyclic) bond motifs is 8. The van der Waals surface area contributed by atoms with Gasteiger partial charge in [0.25, 0.3) is 0 Å². The molecule has 282 valence electrons. The Balaban J connectivity index is 2.01. The van der Waals surface area contributed by atoms with Crippen molar-refractivity contribution in [1.29, 1.82) is 0 Å². The number of hydrogen-bond donors (Lipinski definition) is 8. The van der Waals surface area contributed by atoms with Crippen LogP contribution in [0.1, 0.15) is 97.4 Å². The number of H-pyrrole nitrogens is 2. The number of nitrogens with one attached hydrogen (secondary N) is 2. The molecule has 54 heavy (non-hydrogen) atoms. The molecular formula is C38H38N4O12. The van der Waals surface area contributed by atoms with Crippen molar-refractivity contribution in [2.45, 2.75) is 78.1 Å². The first kappa shape index (κ1) is 38.6. The smallest absolute Gasteiger partial charge is 0.307 e. The van der Waals surface area contributed by atoms with E-state index in [1.54, 1.807) is 38.1 Å². The van der Waals surface area contributed by atoms with Crippen LogP contribution in [0.25, 0.3) is 44.4 Å². The highest BCUT2D eigenvalue weighted by Crippen LogP contribution is 2.38. The van der Waals surface area contributed by atoms with Crippen LogP contribution in [0, 0.1) is 0 Å². The third-order valence-electron chi connectivity index (χ3n) is 9.48. The summed E-state index contributed by atoms with van der Waals surface area (Å²) in [5.41, 5.74) is 6.27. The SMILES string of the molecule is CC1=C(CCC(=O)O)c2cc3nc(cc4[nH]c(cc5[nH]c(cc1n2)c(CCC(=O)O)c5CC(=O)O)c(CCC(=O)O)c4CC(=O)O)C(C)=C3CCC(=O)O. The van der Waals surface area contributed by atoms with Gasteiger partial charge < -0.3 is 40.6 Å². The first-order valence-corrected chi connectivity index (χ1v) is 17.0. The molecule has 0 aromatic carbocycles. The number of aromatic amines is 2. The van der Waals surface area contributed by atoms with Crippen LogP contribution < -0.4 is 0 Å². The Bertz CT molecular complexity index is 2340. The average Bonchev–Trinajstić information content (AvgIpc) is 3.74. The molecule has 2 aliphatic rings. The second-order valence-corrected chi connectivity index (χ2v) is 13.1.